The van der Waals surface area contributed by atoms with E-state index in [0.717, 1.165) is 48.3 Å². The molecule has 0 bridgehead atoms. The van der Waals surface area contributed by atoms with E-state index in [2.05, 4.69) is 10.6 Å². The Hall–Kier alpha value is -2.27. The number of rotatable bonds is 6. The molecule has 8 nitrogen and oxygen atoms in total. The average Bonchev–Trinajstić information content (AvgIpc) is 3.28. The molecule has 2 aromatic rings. The number of nitrogens with one attached hydrogen (secondary N) is 2. The van der Waals surface area contributed by atoms with Gasteiger partial charge in [-0.3, -0.25) is 9.59 Å². The maximum atomic E-state index is 13.4. The normalized spacial score (nSPS) is 19.5. The maximum Gasteiger partial charge on any atom is 0.262 e. The summed E-state index contributed by atoms with van der Waals surface area (Å²) in [5.41, 5.74) is 7.44. The van der Waals surface area contributed by atoms with Crippen LogP contribution in [0.1, 0.15) is 50.4 Å². The summed E-state index contributed by atoms with van der Waals surface area (Å²) >= 11 is 1.13. The van der Waals surface area contributed by atoms with Crippen LogP contribution >= 0.6 is 11.3 Å². The van der Waals surface area contributed by atoms with Crippen molar-refractivity contribution in [3.05, 3.63) is 51.2 Å². The Morgan fingerprint density at radius 1 is 1.26 bits per heavy atom. The van der Waals surface area contributed by atoms with Crippen molar-refractivity contribution < 1.29 is 18.0 Å². The Morgan fingerprint density at radius 2 is 2.10 bits per heavy atom. The fourth-order valence-corrected chi connectivity index (χ4v) is 6.96. The van der Waals surface area contributed by atoms with E-state index in [1.807, 2.05) is 6.07 Å². The van der Waals surface area contributed by atoms with Crippen LogP contribution in [0, 0.1) is 0 Å². The zero-order valence-electron chi connectivity index (χ0n) is 17.1. The van der Waals surface area contributed by atoms with E-state index in [-0.39, 0.29) is 34.8 Å². The van der Waals surface area contributed by atoms with Crippen LogP contribution in [0.4, 0.5) is 0 Å². The third-order valence-corrected chi connectivity index (χ3v) is 8.80. The average molecular weight is 463 g/mol. The number of carbonyl (C=O) groups is 2. The standard InChI is InChI=1S/C21H26N4O4S2/c22-20(26)17-6-3-4-14-13-25(10-7-16(14)17)31(28,29)18-8-11-30-19(18)21(27)24-12-15-5-1-2-9-23-15/h3-4,6,8,11,15,23H,1-2,5,7,9-10,12-13H2,(H2,22,26)(H,24,27)/t15-/m1/s1. The molecule has 4 rings (SSSR count). The number of nitrogens with two attached hydrogens (primary N) is 1. The first kappa shape index (κ1) is 21.9. The molecule has 2 amide bonds. The molecule has 0 spiro atoms. The monoisotopic (exact) mass is 462 g/mol. The molecule has 0 radical (unpaired) electrons. The van der Waals surface area contributed by atoms with Gasteiger partial charge in [0.2, 0.25) is 15.9 Å². The molecule has 4 N–H and O–H groups in total. The molecule has 3 heterocycles. The van der Waals surface area contributed by atoms with Gasteiger partial charge in [-0.2, -0.15) is 4.31 Å². The summed E-state index contributed by atoms with van der Waals surface area (Å²) in [5, 5.41) is 7.88. The molecule has 1 fully saturated rings. The van der Waals surface area contributed by atoms with Crippen molar-refractivity contribution >= 4 is 33.2 Å². The highest BCUT2D eigenvalue weighted by atomic mass is 32.2. The van der Waals surface area contributed by atoms with Crippen LogP contribution in [0.25, 0.3) is 0 Å². The van der Waals surface area contributed by atoms with Crippen LogP contribution in [0.2, 0.25) is 0 Å². The highest BCUT2D eigenvalue weighted by Gasteiger charge is 2.33. The fourth-order valence-electron chi connectivity index (χ4n) is 4.22. The molecule has 10 heteroatoms. The van der Waals surface area contributed by atoms with Crippen LogP contribution < -0.4 is 16.4 Å². The van der Waals surface area contributed by atoms with Gasteiger partial charge in [0.25, 0.3) is 5.91 Å². The number of primary amides is 1. The van der Waals surface area contributed by atoms with Crippen molar-refractivity contribution in [2.24, 2.45) is 5.73 Å². The number of nitrogens with zero attached hydrogens (tertiary/aromatic N) is 1. The lowest BCUT2D eigenvalue weighted by atomic mass is 9.95. The number of amides is 2. The molecule has 1 atom stereocenters. The molecular weight excluding hydrogens is 436 g/mol. The Morgan fingerprint density at radius 3 is 2.84 bits per heavy atom. The summed E-state index contributed by atoms with van der Waals surface area (Å²) in [7, 11) is -3.86. The van der Waals surface area contributed by atoms with E-state index >= 15 is 0 Å². The van der Waals surface area contributed by atoms with E-state index in [0.29, 0.717) is 18.5 Å². The van der Waals surface area contributed by atoms with Crippen LogP contribution in [0.15, 0.2) is 34.5 Å². The first-order valence-electron chi connectivity index (χ1n) is 10.4. The molecule has 0 aliphatic carbocycles. The van der Waals surface area contributed by atoms with E-state index in [1.165, 1.54) is 10.4 Å². The van der Waals surface area contributed by atoms with Crippen LogP contribution in [-0.2, 0) is 23.0 Å². The predicted octanol–water partition coefficient (Wildman–Crippen LogP) is 1.47. The minimum absolute atomic E-state index is 0.0288. The van der Waals surface area contributed by atoms with E-state index in [1.54, 1.807) is 17.5 Å². The molecule has 2 aliphatic heterocycles. The number of piperidine rings is 1. The van der Waals surface area contributed by atoms with Gasteiger partial charge in [0.05, 0.1) is 0 Å². The van der Waals surface area contributed by atoms with Gasteiger partial charge in [-0.15, -0.1) is 11.3 Å². The molecule has 1 aromatic heterocycles. The van der Waals surface area contributed by atoms with Gasteiger partial charge in [0.1, 0.15) is 9.77 Å². The van der Waals surface area contributed by atoms with Gasteiger partial charge < -0.3 is 16.4 Å². The van der Waals surface area contributed by atoms with E-state index < -0.39 is 15.9 Å². The minimum Gasteiger partial charge on any atom is -0.366 e. The molecule has 0 unspecified atom stereocenters. The van der Waals surface area contributed by atoms with Crippen LogP contribution in [0.3, 0.4) is 0 Å². The number of fused-ring (bicyclic) bond motifs is 1. The SMILES string of the molecule is NC(=O)c1cccc2c1CCN(S(=O)(=O)c1ccsc1C(=O)NC[C@H]1CCCCN1)C2. The van der Waals surface area contributed by atoms with Crippen molar-refractivity contribution in [1.29, 1.82) is 0 Å². The molecule has 2 aliphatic rings. The van der Waals surface area contributed by atoms with Gasteiger partial charge in [-0.25, -0.2) is 8.42 Å². The topological polar surface area (TPSA) is 122 Å². The number of hydrogen-bond acceptors (Lipinski definition) is 6. The van der Waals surface area contributed by atoms with Crippen LogP contribution in [-0.4, -0.2) is 50.2 Å². The summed E-state index contributed by atoms with van der Waals surface area (Å²) in [5.74, 6) is -0.883. The summed E-state index contributed by atoms with van der Waals surface area (Å²) < 4.78 is 28.1. The quantitative estimate of drug-likeness (QED) is 0.600. The van der Waals surface area contributed by atoms with E-state index in [9.17, 15) is 18.0 Å². The second-order valence-electron chi connectivity index (χ2n) is 7.87. The number of hydrogen-bond donors (Lipinski definition) is 3. The largest absolute Gasteiger partial charge is 0.366 e. The van der Waals surface area contributed by atoms with Crippen molar-refractivity contribution in [2.45, 2.75) is 43.2 Å². The zero-order valence-corrected chi connectivity index (χ0v) is 18.7. The smallest absolute Gasteiger partial charge is 0.262 e. The van der Waals surface area contributed by atoms with Gasteiger partial charge in [-0.1, -0.05) is 18.6 Å². The van der Waals surface area contributed by atoms with Crippen molar-refractivity contribution in [3.8, 4) is 0 Å². The summed E-state index contributed by atoms with van der Waals surface area (Å²) in [4.78, 5) is 24.7. The van der Waals surface area contributed by atoms with Gasteiger partial charge in [-0.05, 0) is 54.4 Å². The minimum atomic E-state index is -3.86. The summed E-state index contributed by atoms with van der Waals surface area (Å²) in [6.07, 6.45) is 3.65. The van der Waals surface area contributed by atoms with E-state index in [4.69, 9.17) is 5.73 Å². The second kappa shape index (κ2) is 9.07. The molecule has 31 heavy (non-hydrogen) atoms. The number of thiophene rings is 1. The lowest BCUT2D eigenvalue weighted by Gasteiger charge is -2.29. The number of benzene rings is 1. The Labute approximate surface area is 185 Å². The second-order valence-corrected chi connectivity index (χ2v) is 10.7. The molecule has 1 aromatic carbocycles. The highest BCUT2D eigenvalue weighted by Crippen LogP contribution is 2.30. The number of sulfonamides is 1. The fraction of sp³-hybridized carbons (Fsp3) is 0.429. The maximum absolute atomic E-state index is 13.4. The lowest BCUT2D eigenvalue weighted by molar-refractivity contribution is 0.0947. The summed E-state index contributed by atoms with van der Waals surface area (Å²) in [6, 6.07) is 6.88. The Kier molecular flexibility index (Phi) is 6.42. The highest BCUT2D eigenvalue weighted by molar-refractivity contribution is 7.89. The molecular formula is C21H26N4O4S2. The Balaban J connectivity index is 1.51. The first-order valence-corrected chi connectivity index (χ1v) is 12.7. The van der Waals surface area contributed by atoms with Crippen molar-refractivity contribution in [2.75, 3.05) is 19.6 Å². The predicted molar refractivity (Wildman–Crippen MR) is 119 cm³/mol. The molecule has 1 saturated heterocycles. The van der Waals surface area contributed by atoms with Gasteiger partial charge in [0, 0.05) is 31.2 Å². The lowest BCUT2D eigenvalue weighted by Crippen LogP contribution is -2.43. The van der Waals surface area contributed by atoms with Crippen LogP contribution in [0.5, 0.6) is 0 Å². The zero-order chi connectivity index (χ0) is 22.0. The van der Waals surface area contributed by atoms with Gasteiger partial charge >= 0.3 is 0 Å². The third kappa shape index (κ3) is 4.52. The summed E-state index contributed by atoms with van der Waals surface area (Å²) in [6.45, 7) is 1.78. The third-order valence-electron chi connectivity index (χ3n) is 5.87. The van der Waals surface area contributed by atoms with Gasteiger partial charge in [0.15, 0.2) is 0 Å². The van der Waals surface area contributed by atoms with Crippen molar-refractivity contribution in [1.82, 2.24) is 14.9 Å². The molecule has 166 valence electrons. The number of carbonyl (C=O) groups excluding carboxylic acids is 2. The molecule has 0 saturated carbocycles. The first-order chi connectivity index (χ1) is 14.9. The Bertz CT molecular complexity index is 1090. The van der Waals surface area contributed by atoms with Crippen molar-refractivity contribution in [3.63, 3.8) is 0 Å².